The van der Waals surface area contributed by atoms with Crippen molar-refractivity contribution in [2.75, 3.05) is 0 Å². The maximum Gasteiger partial charge on any atom is 3.00 e. The average molecular weight is 492 g/mol. The summed E-state index contributed by atoms with van der Waals surface area (Å²) in [5, 5.41) is 5.25. The maximum absolute atomic E-state index is 3.58. The van der Waals surface area contributed by atoms with Crippen molar-refractivity contribution in [3.63, 3.8) is 0 Å². The van der Waals surface area contributed by atoms with Gasteiger partial charge in [-0.05, 0) is 68.1 Å². The van der Waals surface area contributed by atoms with Crippen molar-refractivity contribution >= 4 is 21.5 Å². The van der Waals surface area contributed by atoms with Crippen LogP contribution in [0.25, 0.3) is 32.7 Å². The molecule has 2 aliphatic carbocycles. The molecule has 6 rings (SSSR count). The first-order valence-corrected chi connectivity index (χ1v) is 9.21. The monoisotopic (exact) mass is 489 g/mol. The molecule has 4 aromatic carbocycles. The summed E-state index contributed by atoms with van der Waals surface area (Å²) in [7, 11) is 0. The van der Waals surface area contributed by atoms with Crippen LogP contribution in [0.2, 0.25) is 0 Å². The molecule has 0 bridgehead atoms. The number of halogens is 2. The van der Waals surface area contributed by atoms with E-state index in [0.717, 1.165) is 6.42 Å². The van der Waals surface area contributed by atoms with Crippen molar-refractivity contribution in [3.05, 3.63) is 108 Å². The molecule has 1 radical (unpaired) electrons. The molecule has 0 fully saturated rings. The number of benzene rings is 4. The Balaban J connectivity index is 0.000000801. The summed E-state index contributed by atoms with van der Waals surface area (Å²) in [6, 6.07) is 26.9. The van der Waals surface area contributed by atoms with Gasteiger partial charge in [0, 0.05) is 5.92 Å². The predicted octanol–water partition coefficient (Wildman–Crippen LogP) is 0.800. The second-order valence-corrected chi connectivity index (χ2v) is 7.24. The standard InChI is InChI=1S/C26H17.2ClH.Zr/c1-2-8-17(7-1)26-24-15-20-11-5-3-9-18(20)13-22(24)23-14-19-10-4-6-12-21(19)16-25(23)26;;;/h1,3-7,9-16,26H,2H2;2*1H;/q-1;;;+3/p-2. The van der Waals surface area contributed by atoms with Gasteiger partial charge in [-0.2, -0.15) is 6.08 Å². The average Bonchev–Trinajstić information content (AvgIpc) is 3.30. The van der Waals surface area contributed by atoms with Crippen LogP contribution in [0.3, 0.4) is 0 Å². The Morgan fingerprint density at radius 1 is 0.655 bits per heavy atom. The summed E-state index contributed by atoms with van der Waals surface area (Å²) >= 11 is 0. The van der Waals surface area contributed by atoms with Crippen LogP contribution in [0.1, 0.15) is 23.5 Å². The van der Waals surface area contributed by atoms with Gasteiger partial charge in [0.25, 0.3) is 0 Å². The molecule has 0 saturated heterocycles. The number of rotatable bonds is 1. The summed E-state index contributed by atoms with van der Waals surface area (Å²) in [5.74, 6) is 0.299. The summed E-state index contributed by atoms with van der Waals surface area (Å²) in [6.45, 7) is 0. The Morgan fingerprint density at radius 2 is 1.10 bits per heavy atom. The Labute approximate surface area is 202 Å². The Morgan fingerprint density at radius 3 is 1.52 bits per heavy atom. The van der Waals surface area contributed by atoms with E-state index in [1.165, 1.54) is 49.4 Å². The van der Waals surface area contributed by atoms with Crippen LogP contribution in [0.15, 0.2) is 90.5 Å². The van der Waals surface area contributed by atoms with Crippen LogP contribution >= 0.6 is 0 Å². The van der Waals surface area contributed by atoms with Gasteiger partial charge in [0.2, 0.25) is 0 Å². The Hall–Kier alpha value is -1.66. The van der Waals surface area contributed by atoms with Crippen LogP contribution in [-0.4, -0.2) is 0 Å². The van der Waals surface area contributed by atoms with Crippen molar-refractivity contribution in [2.24, 2.45) is 0 Å². The number of hydrogen-bond acceptors (Lipinski definition) is 0. The van der Waals surface area contributed by atoms with Crippen LogP contribution < -0.4 is 24.8 Å². The summed E-state index contributed by atoms with van der Waals surface area (Å²) in [6.07, 6.45) is 8.99. The molecule has 0 aliphatic heterocycles. The fourth-order valence-corrected chi connectivity index (χ4v) is 4.58. The number of allylic oxidation sites excluding steroid dienone is 4. The molecule has 29 heavy (non-hydrogen) atoms. The largest absolute Gasteiger partial charge is 3.00 e. The first-order chi connectivity index (χ1) is 12.9. The third kappa shape index (κ3) is 3.44. The molecule has 0 N–H and O–H groups in total. The molecular formula is C26H17Cl2Zr. The number of hydrogen-bond donors (Lipinski definition) is 0. The van der Waals surface area contributed by atoms with Crippen molar-refractivity contribution in [3.8, 4) is 11.1 Å². The van der Waals surface area contributed by atoms with Crippen LogP contribution in [0.5, 0.6) is 0 Å². The fraction of sp³-hybridized carbons (Fsp3) is 0.0769. The summed E-state index contributed by atoms with van der Waals surface area (Å²) in [5.41, 5.74) is 6.91. The summed E-state index contributed by atoms with van der Waals surface area (Å²) in [4.78, 5) is 0. The zero-order valence-electron chi connectivity index (χ0n) is 15.6. The molecule has 2 aliphatic rings. The summed E-state index contributed by atoms with van der Waals surface area (Å²) < 4.78 is 0. The minimum absolute atomic E-state index is 0. The Bertz CT molecular complexity index is 1190. The van der Waals surface area contributed by atoms with Crippen LogP contribution in [-0.2, 0) is 26.2 Å². The van der Waals surface area contributed by atoms with E-state index >= 15 is 0 Å². The van der Waals surface area contributed by atoms with E-state index in [4.69, 9.17) is 0 Å². The molecule has 0 nitrogen and oxygen atoms in total. The zero-order chi connectivity index (χ0) is 17.1. The van der Waals surface area contributed by atoms with E-state index in [1.54, 1.807) is 0 Å². The Kier molecular flexibility index (Phi) is 6.54. The fourth-order valence-electron chi connectivity index (χ4n) is 4.58. The molecule has 139 valence electrons. The molecular weight excluding hydrogens is 474 g/mol. The van der Waals surface area contributed by atoms with Gasteiger partial charge in [0.1, 0.15) is 0 Å². The van der Waals surface area contributed by atoms with Gasteiger partial charge < -0.3 is 24.8 Å². The van der Waals surface area contributed by atoms with Gasteiger partial charge >= 0.3 is 26.2 Å². The van der Waals surface area contributed by atoms with E-state index in [1.807, 2.05) is 0 Å². The van der Waals surface area contributed by atoms with Gasteiger partial charge in [-0.15, -0.1) is 6.42 Å². The SMILES string of the molecule is [C-]1=C(C2c3cc4ccccc4cc3-c3cc4ccccc4cc32)C=CC1.[Cl-].[Cl-].[Zr+3]. The molecule has 0 aromatic heterocycles. The topological polar surface area (TPSA) is 0 Å². The van der Waals surface area contributed by atoms with Gasteiger partial charge in [0.15, 0.2) is 0 Å². The molecule has 0 spiro atoms. The zero-order valence-corrected chi connectivity index (χ0v) is 19.6. The van der Waals surface area contributed by atoms with Gasteiger partial charge in [-0.25, -0.2) is 11.6 Å². The van der Waals surface area contributed by atoms with E-state index < -0.39 is 0 Å². The van der Waals surface area contributed by atoms with Crippen LogP contribution in [0, 0.1) is 6.08 Å². The molecule has 0 atom stereocenters. The second-order valence-electron chi connectivity index (χ2n) is 7.24. The molecule has 3 heteroatoms. The third-order valence-electron chi connectivity index (χ3n) is 5.78. The van der Waals surface area contributed by atoms with Crippen molar-refractivity contribution in [2.45, 2.75) is 12.3 Å². The smallest absolute Gasteiger partial charge is 1.00 e. The van der Waals surface area contributed by atoms with Gasteiger partial charge in [-0.1, -0.05) is 48.5 Å². The quantitative estimate of drug-likeness (QED) is 0.346. The molecule has 0 saturated carbocycles. The predicted molar refractivity (Wildman–Crippen MR) is 109 cm³/mol. The molecule has 0 heterocycles. The first-order valence-electron chi connectivity index (χ1n) is 9.21. The van der Waals surface area contributed by atoms with Crippen molar-refractivity contribution in [1.82, 2.24) is 0 Å². The number of fused-ring (bicyclic) bond motifs is 5. The van der Waals surface area contributed by atoms with E-state index in [0.29, 0.717) is 5.92 Å². The molecule has 0 unspecified atom stereocenters. The van der Waals surface area contributed by atoms with E-state index in [2.05, 4.69) is 91.0 Å². The van der Waals surface area contributed by atoms with Crippen molar-refractivity contribution in [1.29, 1.82) is 0 Å². The third-order valence-corrected chi connectivity index (χ3v) is 5.78. The van der Waals surface area contributed by atoms with Crippen LogP contribution in [0.4, 0.5) is 0 Å². The second kappa shape index (κ2) is 8.60. The van der Waals surface area contributed by atoms with E-state index in [-0.39, 0.29) is 51.0 Å². The normalized spacial score (nSPS) is 13.9. The first kappa shape index (κ1) is 22.0. The van der Waals surface area contributed by atoms with Gasteiger partial charge in [0.05, 0.1) is 0 Å². The van der Waals surface area contributed by atoms with Crippen molar-refractivity contribution < 1.29 is 51.0 Å². The molecule has 0 amide bonds. The minimum Gasteiger partial charge on any atom is -1.00 e. The van der Waals surface area contributed by atoms with Gasteiger partial charge in [-0.3, -0.25) is 6.08 Å². The maximum atomic E-state index is 3.58. The molecule has 4 aromatic rings. The minimum atomic E-state index is 0. The van der Waals surface area contributed by atoms with E-state index in [9.17, 15) is 0 Å².